The van der Waals surface area contributed by atoms with Gasteiger partial charge < -0.3 is 0 Å². The van der Waals surface area contributed by atoms with E-state index < -0.39 is 0 Å². The van der Waals surface area contributed by atoms with E-state index in [-0.39, 0.29) is 66.6 Å². The number of hydrogen-bond acceptors (Lipinski definition) is 0. The lowest BCUT2D eigenvalue weighted by atomic mass is 35.5. The van der Waals surface area contributed by atoms with Crippen molar-refractivity contribution in [3.63, 3.8) is 0 Å². The smallest absolute Gasteiger partial charge is 0.114 e. The van der Waals surface area contributed by atoms with Gasteiger partial charge in [-0.1, -0.05) is 0 Å². The van der Waals surface area contributed by atoms with Crippen molar-refractivity contribution < 1.29 is 0 Å². The van der Waals surface area contributed by atoms with Crippen molar-refractivity contribution in [2.24, 2.45) is 0 Å². The minimum atomic E-state index is 0. The van der Waals surface area contributed by atoms with E-state index in [2.05, 4.69) is 0 Å². The molecule has 5 heteroatoms. The zero-order valence-corrected chi connectivity index (χ0v) is 7.02. The largest absolute Gasteiger partial charge is 0.147 e. The second-order valence-electron chi connectivity index (χ2n) is 0. The molecule has 0 aliphatic heterocycles. The monoisotopic (exact) mass is 224 g/mol. The van der Waals surface area contributed by atoms with Gasteiger partial charge in [0.25, 0.3) is 0 Å². The molecular weight excluding hydrogens is 222 g/mol. The molecule has 0 nitrogen and oxygen atoms in total. The molecule has 0 N–H and O–H groups in total. The Morgan fingerprint density at radius 3 is 0.400 bits per heavy atom. The van der Waals surface area contributed by atoms with Gasteiger partial charge in [-0.15, -0.1) is 66.6 Å². The summed E-state index contributed by atoms with van der Waals surface area (Å²) in [6.45, 7) is 0. The highest BCUT2D eigenvalue weighted by Gasteiger charge is -0.113. The second kappa shape index (κ2) is 45.1. The van der Waals surface area contributed by atoms with E-state index in [1.54, 1.807) is 0 Å². The predicted molar refractivity (Wildman–Crippen MR) is 39.3 cm³/mol. The van der Waals surface area contributed by atoms with Gasteiger partial charge in [-0.05, 0) is 0 Å². The van der Waals surface area contributed by atoms with Crippen LogP contribution >= 0.6 is 66.6 Å². The van der Waals surface area contributed by atoms with Gasteiger partial charge in [0.1, 0.15) is 0 Å². The van der Waals surface area contributed by atoms with Gasteiger partial charge in [0.05, 0.1) is 0 Å². The van der Waals surface area contributed by atoms with Crippen LogP contribution in [0.5, 0.6) is 0 Å². The average molecular weight is 227 g/mol. The fraction of sp³-hybridized carbons (Fsp3) is 0. The number of rotatable bonds is 0. The Bertz CT molecular complexity index is 3.61. The van der Waals surface area contributed by atoms with E-state index in [0.29, 0.717) is 0 Å². The van der Waals surface area contributed by atoms with Crippen LogP contribution in [0.25, 0.3) is 0 Å². The standard InChI is InChI=1S/BrH.4ClH/h5*1H. The van der Waals surface area contributed by atoms with Crippen molar-refractivity contribution in [2.75, 3.05) is 0 Å². The van der Waals surface area contributed by atoms with Gasteiger partial charge in [-0.25, -0.2) is 0 Å². The molecule has 0 radical (unpaired) electrons. The summed E-state index contributed by atoms with van der Waals surface area (Å²) >= 11 is 0. The van der Waals surface area contributed by atoms with Crippen molar-refractivity contribution >= 4 is 66.6 Å². The topological polar surface area (TPSA) is 0 Å². The van der Waals surface area contributed by atoms with E-state index >= 15 is 0 Å². The maximum absolute atomic E-state index is 0. The molecular formula is H5BrCl4. The van der Waals surface area contributed by atoms with Crippen molar-refractivity contribution in [2.45, 2.75) is 0 Å². The van der Waals surface area contributed by atoms with Crippen LogP contribution < -0.4 is 0 Å². The minimum Gasteiger partial charge on any atom is -0.147 e. The molecule has 0 unspecified atom stereocenters. The van der Waals surface area contributed by atoms with E-state index in [0.717, 1.165) is 0 Å². The minimum absolute atomic E-state index is 0. The molecule has 0 atom stereocenters. The van der Waals surface area contributed by atoms with Gasteiger partial charge >= 0.3 is 0 Å². The molecule has 40 valence electrons. The zero-order valence-electron chi connectivity index (χ0n) is 2.04. The quantitative estimate of drug-likeness (QED) is 0.595. The summed E-state index contributed by atoms with van der Waals surface area (Å²) in [7, 11) is 0. The molecule has 5 heavy (non-hydrogen) atoms. The summed E-state index contributed by atoms with van der Waals surface area (Å²) in [5, 5.41) is 0. The number of hydrogen-bond donors (Lipinski definition) is 0. The maximum Gasteiger partial charge on any atom is -0.114 e. The van der Waals surface area contributed by atoms with Gasteiger partial charge in [0, 0.05) is 0 Å². The average Bonchev–Trinajstić information content (AvgIpc) is 0. The molecule has 0 amide bonds. The van der Waals surface area contributed by atoms with Crippen LogP contribution in [-0.2, 0) is 0 Å². The third kappa shape index (κ3) is 27.8. The molecule has 0 fully saturated rings. The summed E-state index contributed by atoms with van der Waals surface area (Å²) in [6.07, 6.45) is 0. The lowest BCUT2D eigenvalue weighted by Crippen LogP contribution is 0.689. The Hall–Kier alpha value is 1.64. The van der Waals surface area contributed by atoms with Crippen molar-refractivity contribution in [3.8, 4) is 0 Å². The molecule has 0 saturated carbocycles. The summed E-state index contributed by atoms with van der Waals surface area (Å²) in [5.41, 5.74) is 0. The molecule has 0 aliphatic rings. The third-order valence-corrected chi connectivity index (χ3v) is 0. The van der Waals surface area contributed by atoms with Crippen molar-refractivity contribution in [1.29, 1.82) is 0 Å². The first-order valence-corrected chi connectivity index (χ1v) is 0. The summed E-state index contributed by atoms with van der Waals surface area (Å²) in [6, 6.07) is 0. The van der Waals surface area contributed by atoms with Crippen molar-refractivity contribution in [3.05, 3.63) is 0 Å². The zero-order chi connectivity index (χ0) is 0. The first kappa shape index (κ1) is 78.5. The van der Waals surface area contributed by atoms with Crippen LogP contribution in [0.1, 0.15) is 0 Å². The molecule has 0 rings (SSSR count). The summed E-state index contributed by atoms with van der Waals surface area (Å²) < 4.78 is 0. The lowest BCUT2D eigenvalue weighted by Gasteiger charge is -0.148. The van der Waals surface area contributed by atoms with Crippen LogP contribution in [0.3, 0.4) is 0 Å². The normalized spacial score (nSPS) is 0. The molecule has 0 bridgehead atoms. The van der Waals surface area contributed by atoms with Crippen LogP contribution in [0.2, 0.25) is 0 Å². The lowest BCUT2D eigenvalue weighted by molar-refractivity contribution is 5.85. The SMILES string of the molecule is Br.Cl.Cl.Cl.Cl. The highest BCUT2D eigenvalue weighted by Crippen LogP contribution is 0.846. The van der Waals surface area contributed by atoms with Crippen LogP contribution in [0.4, 0.5) is 0 Å². The Balaban J connectivity index is 0. The second-order valence-corrected chi connectivity index (χ2v) is 0. The van der Waals surface area contributed by atoms with E-state index in [4.69, 9.17) is 0 Å². The van der Waals surface area contributed by atoms with E-state index in [1.807, 2.05) is 0 Å². The van der Waals surface area contributed by atoms with E-state index in [9.17, 15) is 0 Å². The highest BCUT2D eigenvalue weighted by molar-refractivity contribution is 8.93. The molecule has 0 aliphatic carbocycles. The Morgan fingerprint density at radius 2 is 0.400 bits per heavy atom. The Labute approximate surface area is 66.5 Å². The van der Waals surface area contributed by atoms with Gasteiger partial charge in [-0.2, -0.15) is 0 Å². The van der Waals surface area contributed by atoms with Crippen LogP contribution in [-0.4, -0.2) is 0 Å². The van der Waals surface area contributed by atoms with Gasteiger partial charge in [-0.3, -0.25) is 0 Å². The van der Waals surface area contributed by atoms with Crippen LogP contribution in [0.15, 0.2) is 0 Å². The Morgan fingerprint density at radius 1 is 0.400 bits per heavy atom. The first-order chi connectivity index (χ1) is 0. The number of halogens is 5. The fourth-order valence-electron chi connectivity index (χ4n) is 0. The van der Waals surface area contributed by atoms with Crippen LogP contribution in [0, 0.1) is 0 Å². The molecule has 0 saturated heterocycles. The van der Waals surface area contributed by atoms with Gasteiger partial charge in [0.2, 0.25) is 0 Å². The third-order valence-electron chi connectivity index (χ3n) is 0. The van der Waals surface area contributed by atoms with Gasteiger partial charge in [0.15, 0.2) is 0 Å². The Kier molecular flexibility index (Phi) is 709. The maximum atomic E-state index is 0. The van der Waals surface area contributed by atoms with Crippen molar-refractivity contribution in [1.82, 2.24) is 0 Å². The predicted octanol–water partition coefficient (Wildman–Crippen LogP) is 2.27. The molecule has 0 aromatic rings. The summed E-state index contributed by atoms with van der Waals surface area (Å²) in [4.78, 5) is 0. The molecule has 0 aromatic carbocycles. The van der Waals surface area contributed by atoms with E-state index in [1.165, 1.54) is 0 Å². The molecule has 0 spiro atoms. The summed E-state index contributed by atoms with van der Waals surface area (Å²) in [5.74, 6) is 0. The molecule has 0 aromatic heterocycles. The first-order valence-electron chi connectivity index (χ1n) is 0. The fourth-order valence-corrected chi connectivity index (χ4v) is 0. The molecule has 0 heterocycles. The highest BCUT2D eigenvalue weighted by atomic mass is 79.9.